The predicted octanol–water partition coefficient (Wildman–Crippen LogP) is 4.23. The molecule has 0 aromatic heterocycles. The van der Waals surface area contributed by atoms with Crippen LogP contribution in [0.4, 0.5) is 0 Å². The van der Waals surface area contributed by atoms with Crippen LogP contribution in [0.2, 0.25) is 0 Å². The van der Waals surface area contributed by atoms with E-state index in [0.717, 1.165) is 6.42 Å². The summed E-state index contributed by atoms with van der Waals surface area (Å²) in [5.74, 6) is 0. The van der Waals surface area contributed by atoms with Gasteiger partial charge in [0, 0.05) is 0 Å². The average Bonchev–Trinajstić information content (AvgIpc) is 1.78. The Kier molecular flexibility index (Phi) is 4.02. The van der Waals surface area contributed by atoms with Crippen LogP contribution in [0.25, 0.3) is 0 Å². The summed E-state index contributed by atoms with van der Waals surface area (Å²) in [4.78, 5) is 0. The molecule has 0 saturated heterocycles. The lowest BCUT2D eigenvalue weighted by atomic mass is 9.76. The Morgan fingerprint density at radius 1 is 1.08 bits per heavy atom. The molecule has 0 unspecified atom stereocenters. The first kappa shape index (κ1) is 11.7. The first-order chi connectivity index (χ1) is 5.27. The summed E-state index contributed by atoms with van der Waals surface area (Å²) >= 11 is 0. The topological polar surface area (TPSA) is 0 Å². The molecule has 0 spiro atoms. The number of hydrogen-bond acceptors (Lipinski definition) is 0. The van der Waals surface area contributed by atoms with Gasteiger partial charge in [0.1, 0.15) is 0 Å². The van der Waals surface area contributed by atoms with Crippen molar-refractivity contribution in [3.05, 3.63) is 19.1 Å². The minimum Gasteiger partial charge on any atom is -0.0880 e. The van der Waals surface area contributed by atoms with Crippen LogP contribution in [0, 0.1) is 17.8 Å². The van der Waals surface area contributed by atoms with E-state index >= 15 is 0 Å². The molecule has 0 amide bonds. The molecule has 0 bridgehead atoms. The highest BCUT2D eigenvalue weighted by molar-refractivity contribution is 4.96. The standard InChI is InChI=1S/C12H23/c1-7-8-9-12(5,6)10-11(2,3)4/h8-9H,1,7,10H2,2-6H3. The molecule has 0 N–H and O–H groups in total. The Morgan fingerprint density at radius 3 is 1.92 bits per heavy atom. The highest BCUT2D eigenvalue weighted by Gasteiger charge is 2.22. The largest absolute Gasteiger partial charge is 0.0880 e. The van der Waals surface area contributed by atoms with E-state index in [0.29, 0.717) is 10.8 Å². The quantitative estimate of drug-likeness (QED) is 0.552. The predicted molar refractivity (Wildman–Crippen MR) is 57.0 cm³/mol. The fraction of sp³-hybridized carbons (Fsp3) is 0.750. The monoisotopic (exact) mass is 167 g/mol. The molecule has 0 aliphatic heterocycles. The van der Waals surface area contributed by atoms with E-state index in [-0.39, 0.29) is 0 Å². The van der Waals surface area contributed by atoms with E-state index < -0.39 is 0 Å². The molecule has 1 radical (unpaired) electrons. The Labute approximate surface area is 78.1 Å². The SMILES string of the molecule is [CH2]CC=CC(C)(C)CC(C)(C)C. The van der Waals surface area contributed by atoms with Gasteiger partial charge in [-0.1, -0.05) is 46.8 Å². The third-order valence-electron chi connectivity index (χ3n) is 1.72. The minimum absolute atomic E-state index is 0.315. The van der Waals surface area contributed by atoms with Gasteiger partial charge in [0.2, 0.25) is 0 Å². The Morgan fingerprint density at radius 2 is 1.58 bits per heavy atom. The molecule has 0 rings (SSSR count). The molecule has 12 heavy (non-hydrogen) atoms. The van der Waals surface area contributed by atoms with Gasteiger partial charge in [-0.2, -0.15) is 0 Å². The van der Waals surface area contributed by atoms with Gasteiger partial charge in [-0.15, -0.1) is 0 Å². The molecule has 0 heteroatoms. The van der Waals surface area contributed by atoms with Crippen molar-refractivity contribution >= 4 is 0 Å². The number of rotatable bonds is 3. The Balaban J connectivity index is 4.13. The first-order valence-corrected chi connectivity index (χ1v) is 4.74. The summed E-state index contributed by atoms with van der Waals surface area (Å²) in [7, 11) is 0. The summed E-state index contributed by atoms with van der Waals surface area (Å²) in [6.07, 6.45) is 6.56. The van der Waals surface area contributed by atoms with E-state index in [2.05, 4.69) is 53.7 Å². The van der Waals surface area contributed by atoms with Crippen LogP contribution in [-0.2, 0) is 0 Å². The molecular weight excluding hydrogens is 144 g/mol. The first-order valence-electron chi connectivity index (χ1n) is 4.74. The van der Waals surface area contributed by atoms with Gasteiger partial charge in [-0.3, -0.25) is 0 Å². The van der Waals surface area contributed by atoms with Crippen LogP contribution in [0.1, 0.15) is 47.5 Å². The second-order valence-electron chi connectivity index (χ2n) is 5.42. The second kappa shape index (κ2) is 4.11. The lowest BCUT2D eigenvalue weighted by Gasteiger charge is -2.29. The van der Waals surface area contributed by atoms with Gasteiger partial charge in [0.15, 0.2) is 0 Å². The number of allylic oxidation sites excluding steroid dienone is 2. The zero-order valence-corrected chi connectivity index (χ0v) is 9.28. The molecule has 0 aliphatic carbocycles. The fourth-order valence-electron chi connectivity index (χ4n) is 1.83. The van der Waals surface area contributed by atoms with Crippen molar-refractivity contribution in [1.29, 1.82) is 0 Å². The van der Waals surface area contributed by atoms with Crippen LogP contribution >= 0.6 is 0 Å². The van der Waals surface area contributed by atoms with Crippen molar-refractivity contribution < 1.29 is 0 Å². The van der Waals surface area contributed by atoms with Crippen LogP contribution in [0.5, 0.6) is 0 Å². The van der Waals surface area contributed by atoms with E-state index in [1.807, 2.05) is 0 Å². The van der Waals surface area contributed by atoms with Crippen molar-refractivity contribution in [3.8, 4) is 0 Å². The molecule has 0 nitrogen and oxygen atoms in total. The minimum atomic E-state index is 0.315. The van der Waals surface area contributed by atoms with Gasteiger partial charge >= 0.3 is 0 Å². The summed E-state index contributed by atoms with van der Waals surface area (Å²) in [6.45, 7) is 15.2. The maximum atomic E-state index is 3.80. The van der Waals surface area contributed by atoms with Crippen molar-refractivity contribution in [2.75, 3.05) is 0 Å². The molecular formula is C12H23. The van der Waals surface area contributed by atoms with Crippen LogP contribution < -0.4 is 0 Å². The van der Waals surface area contributed by atoms with E-state index in [4.69, 9.17) is 0 Å². The highest BCUT2D eigenvalue weighted by Crippen LogP contribution is 2.34. The lowest BCUT2D eigenvalue weighted by Crippen LogP contribution is -2.18. The Hall–Kier alpha value is -0.260. The molecule has 0 aliphatic rings. The average molecular weight is 167 g/mol. The molecule has 71 valence electrons. The van der Waals surface area contributed by atoms with Crippen molar-refractivity contribution in [2.24, 2.45) is 10.8 Å². The fourth-order valence-corrected chi connectivity index (χ4v) is 1.83. The van der Waals surface area contributed by atoms with Gasteiger partial charge < -0.3 is 0 Å². The van der Waals surface area contributed by atoms with Gasteiger partial charge in [-0.25, -0.2) is 0 Å². The highest BCUT2D eigenvalue weighted by atomic mass is 14.3. The second-order valence-corrected chi connectivity index (χ2v) is 5.42. The normalized spacial score (nSPS) is 14.2. The maximum absolute atomic E-state index is 3.80. The zero-order valence-electron chi connectivity index (χ0n) is 9.28. The van der Waals surface area contributed by atoms with E-state index in [9.17, 15) is 0 Å². The molecule has 0 aromatic rings. The van der Waals surface area contributed by atoms with E-state index in [1.54, 1.807) is 0 Å². The van der Waals surface area contributed by atoms with E-state index in [1.165, 1.54) is 6.42 Å². The van der Waals surface area contributed by atoms with Gasteiger partial charge in [0.05, 0.1) is 0 Å². The lowest BCUT2D eigenvalue weighted by molar-refractivity contribution is 0.262. The molecule has 0 saturated carbocycles. The smallest absolute Gasteiger partial charge is 0.0170 e. The third kappa shape index (κ3) is 6.45. The van der Waals surface area contributed by atoms with Crippen LogP contribution in [0.3, 0.4) is 0 Å². The Bertz CT molecular complexity index is 144. The summed E-state index contributed by atoms with van der Waals surface area (Å²) < 4.78 is 0. The molecule has 0 aromatic carbocycles. The summed E-state index contributed by atoms with van der Waals surface area (Å²) in [5.41, 5.74) is 0.727. The summed E-state index contributed by atoms with van der Waals surface area (Å²) in [6, 6.07) is 0. The molecule has 0 heterocycles. The zero-order chi connectivity index (χ0) is 9.83. The summed E-state index contributed by atoms with van der Waals surface area (Å²) in [5, 5.41) is 0. The van der Waals surface area contributed by atoms with Crippen molar-refractivity contribution in [1.82, 2.24) is 0 Å². The molecule has 0 atom stereocenters. The van der Waals surface area contributed by atoms with Gasteiger partial charge in [0.25, 0.3) is 0 Å². The third-order valence-corrected chi connectivity index (χ3v) is 1.72. The number of hydrogen-bond donors (Lipinski definition) is 0. The van der Waals surface area contributed by atoms with Crippen LogP contribution in [0.15, 0.2) is 12.2 Å². The van der Waals surface area contributed by atoms with Crippen molar-refractivity contribution in [2.45, 2.75) is 47.5 Å². The van der Waals surface area contributed by atoms with Crippen molar-refractivity contribution in [3.63, 3.8) is 0 Å². The van der Waals surface area contributed by atoms with Gasteiger partial charge in [-0.05, 0) is 30.6 Å². The molecule has 0 fully saturated rings. The maximum Gasteiger partial charge on any atom is -0.0170 e. The van der Waals surface area contributed by atoms with Crippen LogP contribution in [-0.4, -0.2) is 0 Å².